The molecule has 0 spiro atoms. The first-order chi connectivity index (χ1) is 16.6. The van der Waals surface area contributed by atoms with Crippen LogP contribution in [0.3, 0.4) is 0 Å². The molecule has 6 nitrogen and oxygen atoms in total. The van der Waals surface area contributed by atoms with Gasteiger partial charge in [-0.25, -0.2) is 4.79 Å². The van der Waals surface area contributed by atoms with Crippen LogP contribution in [0.5, 0.6) is 11.5 Å². The van der Waals surface area contributed by atoms with Crippen LogP contribution in [-0.4, -0.2) is 22.0 Å². The Morgan fingerprint density at radius 1 is 1.09 bits per heavy atom. The van der Waals surface area contributed by atoms with Crippen molar-refractivity contribution in [2.24, 2.45) is 0 Å². The number of aryl methyl sites for hydroxylation is 1. The fraction of sp³-hybridized carbons (Fsp3) is 0.280. The van der Waals surface area contributed by atoms with Crippen LogP contribution in [0, 0.1) is 0 Å². The number of carboxylic acid groups (broad SMARTS) is 1. The van der Waals surface area contributed by atoms with Crippen molar-refractivity contribution < 1.29 is 32.5 Å². The molecule has 2 aromatic carbocycles. The Morgan fingerprint density at radius 2 is 1.77 bits per heavy atom. The summed E-state index contributed by atoms with van der Waals surface area (Å²) < 4.78 is 48.7. The Morgan fingerprint density at radius 3 is 2.40 bits per heavy atom. The summed E-state index contributed by atoms with van der Waals surface area (Å²) >= 11 is 6.52. The zero-order valence-electron chi connectivity index (χ0n) is 18.3. The van der Waals surface area contributed by atoms with Crippen molar-refractivity contribution in [1.82, 2.24) is 4.57 Å². The van der Waals surface area contributed by atoms with E-state index in [4.69, 9.17) is 21.4 Å². The zero-order chi connectivity index (χ0) is 25.2. The lowest BCUT2D eigenvalue weighted by molar-refractivity contribution is -0.274. The third kappa shape index (κ3) is 6.36. The fourth-order valence-corrected chi connectivity index (χ4v) is 4.00. The number of pyridine rings is 1. The molecule has 184 valence electrons. The van der Waals surface area contributed by atoms with Crippen molar-refractivity contribution in [1.29, 1.82) is 0 Å². The average Bonchev–Trinajstić information content (AvgIpc) is 3.63. The molecule has 0 radical (unpaired) electrons. The van der Waals surface area contributed by atoms with Crippen LogP contribution in [0.25, 0.3) is 0 Å². The van der Waals surface area contributed by atoms with Gasteiger partial charge in [0.2, 0.25) is 0 Å². The Labute approximate surface area is 203 Å². The SMILES string of the molecule is O=C(O)c1ccc(CCn2c(COc3cccc(OC(F)(F)F)c3)c(Cl)cc(C3CC3)c2=O)cc1. The number of carbonyl (C=O) groups is 1. The number of carboxylic acids is 1. The van der Waals surface area contributed by atoms with Crippen molar-refractivity contribution in [3.05, 3.63) is 92.4 Å². The van der Waals surface area contributed by atoms with E-state index in [1.807, 2.05) is 0 Å². The van der Waals surface area contributed by atoms with E-state index in [-0.39, 0.29) is 35.9 Å². The number of hydrogen-bond acceptors (Lipinski definition) is 4. The van der Waals surface area contributed by atoms with Gasteiger partial charge < -0.3 is 19.1 Å². The standard InChI is InChI=1S/C25H21ClF3NO5/c26-21-13-20(16-8-9-16)23(31)30(11-10-15-4-6-17(7-5-15)24(32)33)22(21)14-34-18-2-1-3-19(12-18)35-25(27,28)29/h1-7,12-13,16H,8-11,14H2,(H,32,33). The van der Waals surface area contributed by atoms with Gasteiger partial charge in [0.1, 0.15) is 18.1 Å². The summed E-state index contributed by atoms with van der Waals surface area (Å²) in [5.41, 5.74) is 1.83. The van der Waals surface area contributed by atoms with Gasteiger partial charge in [-0.3, -0.25) is 4.79 Å². The van der Waals surface area contributed by atoms with E-state index in [0.29, 0.717) is 22.7 Å². The number of aromatic nitrogens is 1. The predicted octanol–water partition coefficient (Wildman–Crippen LogP) is 5.80. The minimum absolute atomic E-state index is 0.123. The fourth-order valence-electron chi connectivity index (χ4n) is 3.73. The predicted molar refractivity (Wildman–Crippen MR) is 122 cm³/mol. The average molecular weight is 508 g/mol. The maximum Gasteiger partial charge on any atom is 0.573 e. The van der Waals surface area contributed by atoms with Gasteiger partial charge in [0.15, 0.2) is 0 Å². The van der Waals surface area contributed by atoms with E-state index >= 15 is 0 Å². The van der Waals surface area contributed by atoms with E-state index < -0.39 is 18.1 Å². The van der Waals surface area contributed by atoms with Crippen LogP contribution < -0.4 is 15.0 Å². The van der Waals surface area contributed by atoms with E-state index in [1.165, 1.54) is 28.8 Å². The number of aromatic carboxylic acids is 1. The maximum atomic E-state index is 13.2. The largest absolute Gasteiger partial charge is 0.573 e. The molecule has 1 aliphatic rings. The minimum Gasteiger partial charge on any atom is -0.487 e. The number of rotatable bonds is 9. The van der Waals surface area contributed by atoms with Gasteiger partial charge in [-0.15, -0.1) is 13.2 Å². The first-order valence-electron chi connectivity index (χ1n) is 10.8. The molecule has 0 unspecified atom stereocenters. The summed E-state index contributed by atoms with van der Waals surface area (Å²) in [6.45, 7) is 0.119. The molecule has 0 bridgehead atoms. The van der Waals surface area contributed by atoms with Gasteiger partial charge in [-0.1, -0.05) is 29.8 Å². The molecule has 3 aromatic rings. The highest BCUT2D eigenvalue weighted by atomic mass is 35.5. The van der Waals surface area contributed by atoms with Crippen LogP contribution in [0.4, 0.5) is 13.2 Å². The molecule has 1 saturated carbocycles. The molecule has 1 aromatic heterocycles. The van der Waals surface area contributed by atoms with Crippen LogP contribution >= 0.6 is 11.6 Å². The van der Waals surface area contributed by atoms with Gasteiger partial charge in [-0.2, -0.15) is 0 Å². The molecule has 10 heteroatoms. The number of hydrogen-bond donors (Lipinski definition) is 1. The van der Waals surface area contributed by atoms with E-state index in [1.54, 1.807) is 18.2 Å². The van der Waals surface area contributed by atoms with Crippen LogP contribution in [0.1, 0.15) is 45.9 Å². The van der Waals surface area contributed by atoms with Crippen molar-refractivity contribution in [2.45, 2.75) is 44.7 Å². The Balaban J connectivity index is 1.57. The van der Waals surface area contributed by atoms with Crippen molar-refractivity contribution in [3.8, 4) is 11.5 Å². The van der Waals surface area contributed by atoms with E-state index in [0.717, 1.165) is 30.5 Å². The molecule has 1 N–H and O–H groups in total. The van der Waals surface area contributed by atoms with Crippen LogP contribution in [0.2, 0.25) is 5.02 Å². The van der Waals surface area contributed by atoms with Crippen LogP contribution in [0.15, 0.2) is 59.4 Å². The third-order valence-corrected chi connectivity index (χ3v) is 5.96. The molecule has 0 atom stereocenters. The Hall–Kier alpha value is -3.46. The van der Waals surface area contributed by atoms with E-state index in [9.17, 15) is 22.8 Å². The van der Waals surface area contributed by atoms with Crippen LogP contribution in [-0.2, 0) is 19.6 Å². The lowest BCUT2D eigenvalue weighted by Crippen LogP contribution is -2.28. The molecule has 1 heterocycles. The number of nitrogens with zero attached hydrogens (tertiary/aromatic N) is 1. The highest BCUT2D eigenvalue weighted by molar-refractivity contribution is 6.31. The molecular formula is C25H21ClF3NO5. The van der Waals surface area contributed by atoms with E-state index in [2.05, 4.69) is 4.74 Å². The molecule has 4 rings (SSSR count). The van der Waals surface area contributed by atoms with Gasteiger partial charge in [-0.05, 0) is 61.1 Å². The van der Waals surface area contributed by atoms with Gasteiger partial charge in [0.25, 0.3) is 5.56 Å². The molecule has 0 saturated heterocycles. The number of benzene rings is 2. The van der Waals surface area contributed by atoms with Crippen molar-refractivity contribution in [2.75, 3.05) is 0 Å². The lowest BCUT2D eigenvalue weighted by Gasteiger charge is -2.18. The normalized spacial score (nSPS) is 13.5. The molecule has 1 fully saturated rings. The molecule has 0 aliphatic heterocycles. The van der Waals surface area contributed by atoms with Crippen molar-refractivity contribution >= 4 is 17.6 Å². The van der Waals surface area contributed by atoms with Gasteiger partial charge in [0, 0.05) is 18.2 Å². The molecular weight excluding hydrogens is 487 g/mol. The number of halogens is 4. The summed E-state index contributed by atoms with van der Waals surface area (Å²) in [6, 6.07) is 13.1. The highest BCUT2D eigenvalue weighted by Gasteiger charge is 2.31. The number of alkyl halides is 3. The summed E-state index contributed by atoms with van der Waals surface area (Å²) in [4.78, 5) is 24.3. The third-order valence-electron chi connectivity index (χ3n) is 5.63. The molecule has 0 amide bonds. The lowest BCUT2D eigenvalue weighted by atomic mass is 10.1. The smallest absolute Gasteiger partial charge is 0.487 e. The summed E-state index contributed by atoms with van der Waals surface area (Å²) in [6.07, 6.45) is -2.58. The first-order valence-corrected chi connectivity index (χ1v) is 11.2. The summed E-state index contributed by atoms with van der Waals surface area (Å²) in [5.74, 6) is -1.17. The Kier molecular flexibility index (Phi) is 7.07. The van der Waals surface area contributed by atoms with Gasteiger partial charge in [0.05, 0.1) is 16.3 Å². The van der Waals surface area contributed by atoms with Crippen molar-refractivity contribution in [3.63, 3.8) is 0 Å². The Bertz CT molecular complexity index is 1280. The zero-order valence-corrected chi connectivity index (χ0v) is 19.1. The summed E-state index contributed by atoms with van der Waals surface area (Å²) in [7, 11) is 0. The topological polar surface area (TPSA) is 77.8 Å². The quantitative estimate of drug-likeness (QED) is 0.396. The molecule has 1 aliphatic carbocycles. The second-order valence-electron chi connectivity index (χ2n) is 8.19. The first kappa shape index (κ1) is 24.7. The maximum absolute atomic E-state index is 13.2. The number of ether oxygens (including phenoxy) is 2. The summed E-state index contributed by atoms with van der Waals surface area (Å²) in [5, 5.41) is 9.39. The monoisotopic (exact) mass is 507 g/mol. The second-order valence-corrected chi connectivity index (χ2v) is 8.60. The molecule has 35 heavy (non-hydrogen) atoms. The minimum atomic E-state index is -4.83. The second kappa shape index (κ2) is 10.0. The van der Waals surface area contributed by atoms with Gasteiger partial charge >= 0.3 is 12.3 Å². The highest BCUT2D eigenvalue weighted by Crippen LogP contribution is 2.39.